The molecule has 72 valence electrons. The molecule has 1 atom stereocenters. The van der Waals surface area contributed by atoms with E-state index < -0.39 is 9.90 Å². The first-order valence-corrected chi connectivity index (χ1v) is 6.18. The Labute approximate surface area is 86.7 Å². The van der Waals surface area contributed by atoms with Crippen LogP contribution in [0.3, 0.4) is 0 Å². The van der Waals surface area contributed by atoms with Crippen LogP contribution in [0.25, 0.3) is 0 Å². The largest absolute Gasteiger partial charge is 0.239 e. The van der Waals surface area contributed by atoms with Gasteiger partial charge in [-0.1, -0.05) is 18.2 Å². The lowest BCUT2D eigenvalue weighted by atomic mass is 10.1. The van der Waals surface area contributed by atoms with E-state index in [1.165, 1.54) is 0 Å². The van der Waals surface area contributed by atoms with Crippen LogP contribution in [0.15, 0.2) is 39.6 Å². The second kappa shape index (κ2) is 4.25. The molecule has 1 aromatic rings. The highest BCUT2D eigenvalue weighted by Gasteiger charge is 2.08. The van der Waals surface area contributed by atoms with E-state index in [1.807, 2.05) is 30.3 Å². The third-order valence-corrected chi connectivity index (χ3v) is 3.40. The smallest absolute Gasteiger partial charge is 0.0609 e. The zero-order chi connectivity index (χ0) is 9.90. The molecule has 0 saturated heterocycles. The number of rotatable bonds is 1. The maximum absolute atomic E-state index is 6.15. The Morgan fingerprint density at radius 2 is 1.69 bits per heavy atom. The van der Waals surface area contributed by atoms with Crippen LogP contribution in [-0.4, -0.2) is 5.54 Å². The summed E-state index contributed by atoms with van der Waals surface area (Å²) in [4.78, 5) is 1.08. The molecule has 0 bridgehead atoms. The van der Waals surface area contributed by atoms with Crippen LogP contribution in [0, 0.1) is 0 Å². The van der Waals surface area contributed by atoms with Gasteiger partial charge in [-0.15, -0.1) is 0 Å². The first-order chi connectivity index (χ1) is 5.99. The number of halogens is 1. The Hall–Kier alpha value is -0.340. The molecule has 3 heteroatoms. The van der Waals surface area contributed by atoms with E-state index >= 15 is 0 Å². The van der Waals surface area contributed by atoms with E-state index in [0.717, 1.165) is 4.90 Å². The van der Waals surface area contributed by atoms with Crippen molar-refractivity contribution in [2.75, 3.05) is 0 Å². The second-order valence-electron chi connectivity index (χ2n) is 3.81. The third kappa shape index (κ3) is 3.92. The van der Waals surface area contributed by atoms with E-state index in [2.05, 4.69) is 25.1 Å². The van der Waals surface area contributed by atoms with E-state index in [0.29, 0.717) is 0 Å². The highest BCUT2D eigenvalue weighted by Crippen LogP contribution is 2.18. The summed E-state index contributed by atoms with van der Waals surface area (Å²) in [6.07, 6.45) is 0. The van der Waals surface area contributed by atoms with Crippen molar-refractivity contribution < 1.29 is 0 Å². The molecule has 0 unspecified atom stereocenters. The highest BCUT2D eigenvalue weighted by atomic mass is 35.7. The van der Waals surface area contributed by atoms with Crippen molar-refractivity contribution in [1.82, 2.24) is 0 Å². The molecule has 0 fully saturated rings. The van der Waals surface area contributed by atoms with Gasteiger partial charge in [-0.05, 0) is 43.6 Å². The Morgan fingerprint density at radius 1 is 1.15 bits per heavy atom. The summed E-state index contributed by atoms with van der Waals surface area (Å²) in [5.74, 6) is 0. The molecule has 1 rings (SSSR count). The zero-order valence-corrected chi connectivity index (χ0v) is 9.69. The molecule has 0 aliphatic heterocycles. The quantitative estimate of drug-likeness (QED) is 0.676. The van der Waals surface area contributed by atoms with Crippen molar-refractivity contribution in [3.8, 4) is 0 Å². The van der Waals surface area contributed by atoms with Crippen LogP contribution in [-0.2, 0) is 9.90 Å². The molecular weight excluding hydrogens is 202 g/mol. The highest BCUT2D eigenvalue weighted by molar-refractivity contribution is 8.10. The minimum Gasteiger partial charge on any atom is -0.239 e. The maximum atomic E-state index is 6.15. The number of hydrogen-bond acceptors (Lipinski definition) is 1. The van der Waals surface area contributed by atoms with Crippen LogP contribution in [0.4, 0.5) is 0 Å². The van der Waals surface area contributed by atoms with E-state index in [-0.39, 0.29) is 5.54 Å². The lowest BCUT2D eigenvalue weighted by Crippen LogP contribution is -2.09. The molecule has 0 aromatic heterocycles. The van der Waals surface area contributed by atoms with E-state index in [4.69, 9.17) is 10.7 Å². The van der Waals surface area contributed by atoms with Crippen LogP contribution >= 0.6 is 10.7 Å². The third-order valence-electron chi connectivity index (χ3n) is 1.29. The van der Waals surface area contributed by atoms with Crippen molar-refractivity contribution in [3.63, 3.8) is 0 Å². The average Bonchev–Trinajstić information content (AvgIpc) is 2.03. The van der Waals surface area contributed by atoms with Crippen LogP contribution < -0.4 is 0 Å². The first kappa shape index (κ1) is 10.7. The van der Waals surface area contributed by atoms with Gasteiger partial charge in [0.25, 0.3) is 0 Å². The van der Waals surface area contributed by atoms with Gasteiger partial charge < -0.3 is 0 Å². The molecule has 0 aliphatic carbocycles. The maximum Gasteiger partial charge on any atom is 0.0609 e. The van der Waals surface area contributed by atoms with Crippen molar-refractivity contribution in [2.45, 2.75) is 31.2 Å². The molecule has 1 nitrogen and oxygen atoms in total. The van der Waals surface area contributed by atoms with Crippen LogP contribution in [0.2, 0.25) is 0 Å². The van der Waals surface area contributed by atoms with Crippen molar-refractivity contribution in [3.05, 3.63) is 30.3 Å². The molecule has 1 aromatic carbocycles. The number of nitrogens with zero attached hydrogens (tertiary/aromatic N) is 1. The number of hydrogen-bond donors (Lipinski definition) is 0. The van der Waals surface area contributed by atoms with E-state index in [1.54, 1.807) is 0 Å². The Kier molecular flexibility index (Phi) is 3.51. The average molecular weight is 216 g/mol. The summed E-state index contributed by atoms with van der Waals surface area (Å²) in [6.45, 7) is 6.16. The van der Waals surface area contributed by atoms with Gasteiger partial charge in [0.1, 0.15) is 0 Å². The SMILES string of the molecule is CC(C)(C)N=[S@@](Cl)c1ccccc1. The van der Waals surface area contributed by atoms with Gasteiger partial charge in [0.05, 0.1) is 5.54 Å². The van der Waals surface area contributed by atoms with Gasteiger partial charge in [0.15, 0.2) is 0 Å². The minimum absolute atomic E-state index is 0.0687. The molecule has 0 N–H and O–H groups in total. The topological polar surface area (TPSA) is 12.4 Å². The Balaban J connectivity index is 2.92. The summed E-state index contributed by atoms with van der Waals surface area (Å²) in [7, 11) is 5.65. The lowest BCUT2D eigenvalue weighted by molar-refractivity contribution is 0.593. The van der Waals surface area contributed by atoms with Gasteiger partial charge in [-0.3, -0.25) is 0 Å². The van der Waals surface area contributed by atoms with Gasteiger partial charge in [0.2, 0.25) is 0 Å². The summed E-state index contributed by atoms with van der Waals surface area (Å²) in [5, 5.41) is 0. The minimum atomic E-state index is -0.506. The molecule has 13 heavy (non-hydrogen) atoms. The van der Waals surface area contributed by atoms with Gasteiger partial charge in [-0.2, -0.15) is 0 Å². The normalized spacial score (nSPS) is 14.5. The van der Waals surface area contributed by atoms with Crippen LogP contribution in [0.1, 0.15) is 20.8 Å². The Morgan fingerprint density at radius 3 is 2.15 bits per heavy atom. The number of benzene rings is 1. The second-order valence-corrected chi connectivity index (χ2v) is 5.82. The van der Waals surface area contributed by atoms with Crippen LogP contribution in [0.5, 0.6) is 0 Å². The fourth-order valence-corrected chi connectivity index (χ4v) is 2.72. The molecular formula is C10H14ClNS. The summed E-state index contributed by atoms with van der Waals surface area (Å²) in [6, 6.07) is 9.96. The van der Waals surface area contributed by atoms with Gasteiger partial charge in [0, 0.05) is 14.8 Å². The van der Waals surface area contributed by atoms with Crippen molar-refractivity contribution in [2.24, 2.45) is 4.36 Å². The summed E-state index contributed by atoms with van der Waals surface area (Å²) in [5.41, 5.74) is -0.0687. The molecule has 0 spiro atoms. The van der Waals surface area contributed by atoms with Crippen molar-refractivity contribution in [1.29, 1.82) is 0 Å². The zero-order valence-electron chi connectivity index (χ0n) is 8.12. The Bertz CT molecular complexity index is 300. The predicted molar refractivity (Wildman–Crippen MR) is 60.1 cm³/mol. The molecule has 0 radical (unpaired) electrons. The summed E-state index contributed by atoms with van der Waals surface area (Å²) < 4.78 is 4.47. The molecule has 0 amide bonds. The predicted octanol–water partition coefficient (Wildman–Crippen LogP) is 3.80. The summed E-state index contributed by atoms with van der Waals surface area (Å²) >= 11 is 0. The van der Waals surface area contributed by atoms with Gasteiger partial charge >= 0.3 is 0 Å². The lowest BCUT2D eigenvalue weighted by Gasteiger charge is -2.12. The monoisotopic (exact) mass is 215 g/mol. The van der Waals surface area contributed by atoms with E-state index in [9.17, 15) is 0 Å². The molecule has 0 aliphatic rings. The first-order valence-electron chi connectivity index (χ1n) is 4.18. The standard InChI is InChI=1S/C10H14ClNS/c1-10(2,3)12-13(11)9-7-5-4-6-8-9/h4-8H,1-3H3/t13-/m1/s1. The molecule has 0 saturated carbocycles. The fraction of sp³-hybridized carbons (Fsp3) is 0.400. The fourth-order valence-electron chi connectivity index (χ4n) is 0.826. The molecule has 0 heterocycles. The van der Waals surface area contributed by atoms with Gasteiger partial charge in [-0.25, -0.2) is 4.36 Å². The van der Waals surface area contributed by atoms with Crippen molar-refractivity contribution >= 4 is 20.6 Å².